The quantitative estimate of drug-likeness (QED) is 0.540. The number of alkyl halides is 6. The fraction of sp³-hybridized carbons (Fsp3) is 0.500. The smallest absolute Gasteiger partial charge is 0.477 e. The van der Waals surface area contributed by atoms with Crippen molar-refractivity contribution in [3.8, 4) is 5.88 Å². The number of carboxylic acid groups (broad SMARTS) is 2. The second kappa shape index (κ2) is 13.3. The van der Waals surface area contributed by atoms with E-state index < -0.39 is 24.3 Å². The number of aliphatic carboxylic acids is 2. The molecule has 3 atom stereocenters. The predicted molar refractivity (Wildman–Crippen MR) is 112 cm³/mol. The zero-order valence-electron chi connectivity index (χ0n) is 19.1. The van der Waals surface area contributed by atoms with Crippen LogP contribution < -0.4 is 4.74 Å². The summed E-state index contributed by atoms with van der Waals surface area (Å²) in [6.45, 7) is 3.45. The third-order valence-electron chi connectivity index (χ3n) is 5.30. The molecule has 0 aromatic carbocycles. The van der Waals surface area contributed by atoms with E-state index in [2.05, 4.69) is 9.88 Å². The first kappa shape index (κ1) is 29.9. The maximum Gasteiger partial charge on any atom is 0.490 e. The highest BCUT2D eigenvalue weighted by Crippen LogP contribution is 2.35. The Kier molecular flexibility index (Phi) is 10.7. The topological polar surface area (TPSA) is 122 Å². The van der Waals surface area contributed by atoms with Gasteiger partial charge in [0.2, 0.25) is 5.88 Å². The maximum absolute atomic E-state index is 10.6. The third-order valence-corrected chi connectivity index (χ3v) is 5.30. The zero-order chi connectivity index (χ0) is 27.6. The third kappa shape index (κ3) is 10.3. The van der Waals surface area contributed by atoms with Crippen LogP contribution in [0.25, 0.3) is 0 Å². The zero-order valence-corrected chi connectivity index (χ0v) is 19.1. The predicted octanol–water partition coefficient (Wildman–Crippen LogP) is 4.00. The molecule has 37 heavy (non-hydrogen) atoms. The van der Waals surface area contributed by atoms with Crippen LogP contribution in [0.3, 0.4) is 0 Å². The summed E-state index contributed by atoms with van der Waals surface area (Å²) < 4.78 is 80.5. The number of ether oxygens (including phenoxy) is 2. The summed E-state index contributed by atoms with van der Waals surface area (Å²) in [4.78, 5) is 24.5. The molecule has 2 aliphatic rings. The monoisotopic (exact) mass is 542 g/mol. The molecule has 15 heteroatoms. The van der Waals surface area contributed by atoms with Crippen molar-refractivity contribution in [3.05, 3.63) is 48.6 Å². The highest BCUT2D eigenvalue weighted by molar-refractivity contribution is 5.73. The number of pyridine rings is 1. The minimum atomic E-state index is -5.08. The van der Waals surface area contributed by atoms with Crippen LogP contribution in [0.5, 0.6) is 5.88 Å². The number of aromatic nitrogens is 1. The number of nitrogens with zero attached hydrogens (tertiary/aromatic N) is 2. The van der Waals surface area contributed by atoms with Crippen molar-refractivity contribution in [1.82, 2.24) is 9.88 Å². The summed E-state index contributed by atoms with van der Waals surface area (Å²) in [6, 6.07) is 8.28. The first-order chi connectivity index (χ1) is 17.3. The first-order valence-electron chi connectivity index (χ1n) is 10.8. The van der Waals surface area contributed by atoms with Crippen molar-refractivity contribution in [2.45, 2.75) is 43.9 Å². The number of fused-ring (bicyclic) bond motifs is 1. The lowest BCUT2D eigenvalue weighted by molar-refractivity contribution is -0.193. The number of halogens is 6. The van der Waals surface area contributed by atoms with Gasteiger partial charge in [0, 0.05) is 37.0 Å². The molecule has 0 bridgehead atoms. The van der Waals surface area contributed by atoms with Crippen LogP contribution in [0.2, 0.25) is 0 Å². The van der Waals surface area contributed by atoms with Gasteiger partial charge < -0.3 is 24.1 Å². The molecular formula is C22H24F6N2O7. The molecule has 1 saturated heterocycles. The van der Waals surface area contributed by atoms with Crippen LogP contribution in [0, 0.1) is 5.92 Å². The Labute approximate surface area is 206 Å². The molecule has 2 aromatic heterocycles. The van der Waals surface area contributed by atoms with E-state index in [4.69, 9.17) is 33.7 Å². The normalized spacial score (nSPS) is 21.5. The number of carboxylic acids is 2. The molecule has 4 rings (SSSR count). The Morgan fingerprint density at radius 1 is 1.05 bits per heavy atom. The minimum Gasteiger partial charge on any atom is -0.477 e. The minimum absolute atomic E-state index is 0.327. The van der Waals surface area contributed by atoms with Gasteiger partial charge in [0.1, 0.15) is 0 Å². The van der Waals surface area contributed by atoms with Crippen LogP contribution in [-0.4, -0.2) is 76.3 Å². The summed E-state index contributed by atoms with van der Waals surface area (Å²) in [5, 5.41) is 14.2. The summed E-state index contributed by atoms with van der Waals surface area (Å²) in [5.41, 5.74) is 1.24. The second-order valence-electron chi connectivity index (χ2n) is 8.00. The molecule has 3 heterocycles. The number of morpholine rings is 1. The molecule has 0 spiro atoms. The summed E-state index contributed by atoms with van der Waals surface area (Å²) >= 11 is 0. The van der Waals surface area contributed by atoms with Gasteiger partial charge in [-0.3, -0.25) is 4.90 Å². The Morgan fingerprint density at radius 2 is 1.70 bits per heavy atom. The van der Waals surface area contributed by atoms with E-state index in [1.54, 1.807) is 12.5 Å². The van der Waals surface area contributed by atoms with Crippen molar-refractivity contribution in [3.63, 3.8) is 0 Å². The van der Waals surface area contributed by atoms with Crippen LogP contribution in [0.15, 0.2) is 47.4 Å². The van der Waals surface area contributed by atoms with E-state index in [1.807, 2.05) is 30.5 Å². The molecule has 2 fully saturated rings. The van der Waals surface area contributed by atoms with Crippen LogP contribution in [0.4, 0.5) is 26.3 Å². The van der Waals surface area contributed by atoms with E-state index in [-0.39, 0.29) is 0 Å². The van der Waals surface area contributed by atoms with Gasteiger partial charge in [-0.2, -0.15) is 26.3 Å². The molecule has 1 aliphatic carbocycles. The number of hydrogen-bond acceptors (Lipinski definition) is 7. The molecule has 1 aliphatic heterocycles. The fourth-order valence-corrected chi connectivity index (χ4v) is 3.71. The molecule has 2 aromatic rings. The SMILES string of the molecule is O=C(O)C(F)(F)F.O=C(O)C(F)(F)F.c1ccc(OCC2CC3OCCN(Cc4ccoc4)C3C2)nc1. The molecule has 0 radical (unpaired) electrons. The standard InChI is InChI=1S/C18H22N2O3.2C2HF3O2/c1-2-5-19-18(3-1)23-13-15-9-16-17(10-15)22-8-6-20(16)11-14-4-7-21-12-14;2*3-2(4,5)1(6)7/h1-5,7,12,15-17H,6,8-11,13H2;2*(H,6,7). The van der Waals surface area contributed by atoms with E-state index in [9.17, 15) is 26.3 Å². The van der Waals surface area contributed by atoms with Gasteiger partial charge in [-0.25, -0.2) is 14.6 Å². The Hall–Kier alpha value is -3.33. The molecule has 1 saturated carbocycles. The Bertz CT molecular complexity index is 946. The molecule has 0 amide bonds. The van der Waals surface area contributed by atoms with Crippen molar-refractivity contribution in [2.75, 3.05) is 19.8 Å². The highest BCUT2D eigenvalue weighted by atomic mass is 19.4. The maximum atomic E-state index is 10.6. The average molecular weight is 542 g/mol. The lowest BCUT2D eigenvalue weighted by atomic mass is 10.1. The van der Waals surface area contributed by atoms with Gasteiger partial charge in [-0.05, 0) is 30.9 Å². The molecule has 9 nitrogen and oxygen atoms in total. The van der Waals surface area contributed by atoms with Gasteiger partial charge in [0.05, 0.1) is 31.8 Å². The van der Waals surface area contributed by atoms with Crippen LogP contribution in [0.1, 0.15) is 18.4 Å². The molecular weight excluding hydrogens is 518 g/mol. The van der Waals surface area contributed by atoms with E-state index >= 15 is 0 Å². The average Bonchev–Trinajstić information content (AvgIpc) is 3.48. The number of hydrogen-bond donors (Lipinski definition) is 2. The van der Waals surface area contributed by atoms with Crippen LogP contribution >= 0.6 is 0 Å². The van der Waals surface area contributed by atoms with Gasteiger partial charge in [0.15, 0.2) is 0 Å². The van der Waals surface area contributed by atoms with Crippen molar-refractivity contribution < 1.29 is 60.0 Å². The van der Waals surface area contributed by atoms with Crippen molar-refractivity contribution >= 4 is 11.9 Å². The largest absolute Gasteiger partial charge is 0.490 e. The van der Waals surface area contributed by atoms with Crippen molar-refractivity contribution in [1.29, 1.82) is 0 Å². The van der Waals surface area contributed by atoms with E-state index in [0.717, 1.165) is 32.5 Å². The number of furan rings is 1. The summed E-state index contributed by atoms with van der Waals surface area (Å²) in [6.07, 6.45) is -2.31. The first-order valence-corrected chi connectivity index (χ1v) is 10.8. The lowest BCUT2D eigenvalue weighted by Gasteiger charge is -2.37. The Morgan fingerprint density at radius 3 is 2.22 bits per heavy atom. The number of rotatable bonds is 5. The fourth-order valence-electron chi connectivity index (χ4n) is 3.71. The Balaban J connectivity index is 0.000000286. The van der Waals surface area contributed by atoms with E-state index in [1.165, 1.54) is 5.56 Å². The molecule has 3 unspecified atom stereocenters. The van der Waals surface area contributed by atoms with Gasteiger partial charge in [0.25, 0.3) is 0 Å². The lowest BCUT2D eigenvalue weighted by Crippen LogP contribution is -2.47. The summed E-state index contributed by atoms with van der Waals surface area (Å²) in [5.74, 6) is -4.28. The van der Waals surface area contributed by atoms with Gasteiger partial charge >= 0.3 is 24.3 Å². The molecule has 2 N–H and O–H groups in total. The van der Waals surface area contributed by atoms with Crippen molar-refractivity contribution in [2.24, 2.45) is 5.92 Å². The van der Waals surface area contributed by atoms with Gasteiger partial charge in [-0.15, -0.1) is 0 Å². The van der Waals surface area contributed by atoms with Gasteiger partial charge in [-0.1, -0.05) is 6.07 Å². The number of carbonyl (C=O) groups is 2. The second-order valence-corrected chi connectivity index (χ2v) is 8.00. The summed E-state index contributed by atoms with van der Waals surface area (Å²) in [7, 11) is 0. The van der Waals surface area contributed by atoms with Crippen LogP contribution in [-0.2, 0) is 20.9 Å². The highest BCUT2D eigenvalue weighted by Gasteiger charge is 2.41. The van der Waals surface area contributed by atoms with E-state index in [0.29, 0.717) is 30.6 Å². The molecule has 206 valence electrons.